The van der Waals surface area contributed by atoms with E-state index in [1.807, 2.05) is 24.3 Å². The molecule has 0 fully saturated rings. The van der Waals surface area contributed by atoms with Crippen molar-refractivity contribution in [2.75, 3.05) is 24.3 Å². The maximum absolute atomic E-state index is 12.4. The molecular formula is C19H18N2O. The number of benzene rings is 2. The largest absolute Gasteiger partial charge is 0.378 e. The van der Waals surface area contributed by atoms with E-state index in [9.17, 15) is 4.79 Å². The molecule has 2 aromatic carbocycles. The Labute approximate surface area is 130 Å². The van der Waals surface area contributed by atoms with Crippen molar-refractivity contribution in [1.29, 1.82) is 0 Å². The number of fused-ring (bicyclic) bond motifs is 2. The lowest BCUT2D eigenvalue weighted by molar-refractivity contribution is -0.110. The first kappa shape index (κ1) is 13.1. The van der Waals surface area contributed by atoms with Crippen molar-refractivity contribution in [2.45, 2.75) is 12.8 Å². The predicted octanol–water partition coefficient (Wildman–Crippen LogP) is 3.56. The van der Waals surface area contributed by atoms with Gasteiger partial charge in [0.15, 0.2) is 0 Å². The highest BCUT2D eigenvalue weighted by molar-refractivity contribution is 6.37. The summed E-state index contributed by atoms with van der Waals surface area (Å²) in [6.45, 7) is 0. The number of amides is 1. The highest BCUT2D eigenvalue weighted by atomic mass is 16.2. The minimum absolute atomic E-state index is 0.0285. The Bertz CT molecular complexity index is 818. The Morgan fingerprint density at radius 2 is 1.82 bits per heavy atom. The van der Waals surface area contributed by atoms with Crippen molar-refractivity contribution in [1.82, 2.24) is 0 Å². The quantitative estimate of drug-likeness (QED) is 0.814. The molecule has 3 heteroatoms. The van der Waals surface area contributed by atoms with E-state index >= 15 is 0 Å². The van der Waals surface area contributed by atoms with Gasteiger partial charge in [0.25, 0.3) is 5.91 Å². The standard InChI is InChI=1S/C19H18N2O/c1-21(2)13-8-10-14-12(11-13)7-9-15(14)18-16-5-3-4-6-17(16)20-19(18)22/h3-6,8,10-11H,7,9H2,1-2H3,(H,20,22)/b18-15+. The van der Waals surface area contributed by atoms with Crippen LogP contribution < -0.4 is 10.2 Å². The van der Waals surface area contributed by atoms with Crippen LogP contribution in [0.25, 0.3) is 11.1 Å². The minimum atomic E-state index is 0.0285. The Kier molecular flexibility index (Phi) is 2.83. The average molecular weight is 290 g/mol. The third kappa shape index (κ3) is 1.86. The van der Waals surface area contributed by atoms with Crippen LogP contribution in [0.5, 0.6) is 0 Å². The molecule has 0 saturated heterocycles. The summed E-state index contributed by atoms with van der Waals surface area (Å²) in [6, 6.07) is 14.5. The number of hydrogen-bond acceptors (Lipinski definition) is 2. The second-order valence-electron chi connectivity index (χ2n) is 6.09. The predicted molar refractivity (Wildman–Crippen MR) is 91.0 cm³/mol. The molecule has 4 rings (SSSR count). The molecule has 0 bridgehead atoms. The van der Waals surface area contributed by atoms with E-state index in [1.54, 1.807) is 0 Å². The number of allylic oxidation sites excluding steroid dienone is 1. The molecule has 0 atom stereocenters. The fourth-order valence-corrected chi connectivity index (χ4v) is 3.43. The van der Waals surface area contributed by atoms with Gasteiger partial charge in [-0.2, -0.15) is 0 Å². The van der Waals surface area contributed by atoms with Crippen LogP contribution in [0.3, 0.4) is 0 Å². The molecule has 0 radical (unpaired) electrons. The summed E-state index contributed by atoms with van der Waals surface area (Å²) in [6.07, 6.45) is 1.94. The normalized spacial score (nSPS) is 18.9. The van der Waals surface area contributed by atoms with Gasteiger partial charge in [-0.05, 0) is 47.7 Å². The first-order valence-corrected chi connectivity index (χ1v) is 7.59. The summed E-state index contributed by atoms with van der Waals surface area (Å²) in [5, 5.41) is 2.98. The number of hydrogen-bond donors (Lipinski definition) is 1. The summed E-state index contributed by atoms with van der Waals surface area (Å²) < 4.78 is 0. The fourth-order valence-electron chi connectivity index (χ4n) is 3.43. The van der Waals surface area contributed by atoms with Gasteiger partial charge in [0, 0.05) is 31.0 Å². The highest BCUT2D eigenvalue weighted by Gasteiger charge is 2.30. The number of aryl methyl sites for hydroxylation is 1. The van der Waals surface area contributed by atoms with E-state index in [-0.39, 0.29) is 5.91 Å². The van der Waals surface area contributed by atoms with Gasteiger partial charge in [0.1, 0.15) is 0 Å². The van der Waals surface area contributed by atoms with Gasteiger partial charge in [-0.3, -0.25) is 4.79 Å². The van der Waals surface area contributed by atoms with Gasteiger partial charge in [-0.25, -0.2) is 0 Å². The number of carbonyl (C=O) groups is 1. The van der Waals surface area contributed by atoms with E-state index in [0.29, 0.717) is 0 Å². The maximum Gasteiger partial charge on any atom is 0.256 e. The molecule has 1 amide bonds. The Balaban J connectivity index is 1.88. The van der Waals surface area contributed by atoms with Crippen LogP contribution in [-0.2, 0) is 11.2 Å². The van der Waals surface area contributed by atoms with Gasteiger partial charge in [-0.1, -0.05) is 24.3 Å². The molecule has 110 valence electrons. The lowest BCUT2D eigenvalue weighted by Gasteiger charge is -2.14. The highest BCUT2D eigenvalue weighted by Crippen LogP contribution is 2.43. The van der Waals surface area contributed by atoms with E-state index < -0.39 is 0 Å². The lowest BCUT2D eigenvalue weighted by atomic mass is 9.96. The number of anilines is 2. The second-order valence-corrected chi connectivity index (χ2v) is 6.09. The van der Waals surface area contributed by atoms with Crippen LogP contribution in [0.15, 0.2) is 42.5 Å². The monoisotopic (exact) mass is 290 g/mol. The van der Waals surface area contributed by atoms with Crippen LogP contribution in [0.4, 0.5) is 11.4 Å². The van der Waals surface area contributed by atoms with Crippen molar-refractivity contribution in [3.05, 3.63) is 59.2 Å². The van der Waals surface area contributed by atoms with E-state index in [4.69, 9.17) is 0 Å². The molecule has 1 heterocycles. The first-order chi connectivity index (χ1) is 10.6. The van der Waals surface area contributed by atoms with Crippen molar-refractivity contribution >= 4 is 28.4 Å². The van der Waals surface area contributed by atoms with Crippen molar-refractivity contribution in [3.8, 4) is 0 Å². The molecule has 1 aliphatic carbocycles. The molecule has 1 aliphatic heterocycles. The van der Waals surface area contributed by atoms with Gasteiger partial charge >= 0.3 is 0 Å². The lowest BCUT2D eigenvalue weighted by Crippen LogP contribution is -2.08. The first-order valence-electron chi connectivity index (χ1n) is 7.59. The van der Waals surface area contributed by atoms with Crippen LogP contribution in [0, 0.1) is 0 Å². The van der Waals surface area contributed by atoms with Crippen LogP contribution >= 0.6 is 0 Å². The molecule has 0 saturated carbocycles. The van der Waals surface area contributed by atoms with Crippen molar-refractivity contribution in [2.24, 2.45) is 0 Å². The molecular weight excluding hydrogens is 272 g/mol. The van der Waals surface area contributed by atoms with E-state index in [1.165, 1.54) is 22.4 Å². The smallest absolute Gasteiger partial charge is 0.256 e. The summed E-state index contributed by atoms with van der Waals surface area (Å²) in [5.41, 5.74) is 7.77. The maximum atomic E-state index is 12.4. The minimum Gasteiger partial charge on any atom is -0.378 e. The molecule has 0 unspecified atom stereocenters. The van der Waals surface area contributed by atoms with Crippen molar-refractivity contribution < 1.29 is 4.79 Å². The Hall–Kier alpha value is -2.55. The van der Waals surface area contributed by atoms with Gasteiger partial charge in [0.05, 0.1) is 5.57 Å². The SMILES string of the molecule is CN(C)c1ccc2c(c1)CC/C2=C1\C(=O)Nc2ccccc21. The summed E-state index contributed by atoms with van der Waals surface area (Å²) in [7, 11) is 4.10. The third-order valence-corrected chi connectivity index (χ3v) is 4.55. The number of carbonyl (C=O) groups excluding carboxylic acids is 1. The zero-order valence-corrected chi connectivity index (χ0v) is 12.8. The number of nitrogens with one attached hydrogen (secondary N) is 1. The number of para-hydroxylation sites is 1. The molecule has 22 heavy (non-hydrogen) atoms. The zero-order chi connectivity index (χ0) is 15.3. The average Bonchev–Trinajstić information content (AvgIpc) is 3.06. The Morgan fingerprint density at radius 1 is 1.00 bits per heavy atom. The van der Waals surface area contributed by atoms with Crippen LogP contribution in [0.2, 0.25) is 0 Å². The van der Waals surface area contributed by atoms with E-state index in [2.05, 4.69) is 42.5 Å². The number of rotatable bonds is 1. The molecule has 1 N–H and O–H groups in total. The molecule has 3 nitrogen and oxygen atoms in total. The zero-order valence-electron chi connectivity index (χ0n) is 12.8. The van der Waals surface area contributed by atoms with Crippen LogP contribution in [-0.4, -0.2) is 20.0 Å². The molecule has 0 aromatic heterocycles. The topological polar surface area (TPSA) is 32.3 Å². The van der Waals surface area contributed by atoms with Crippen LogP contribution in [0.1, 0.15) is 23.1 Å². The molecule has 2 aliphatic rings. The Morgan fingerprint density at radius 3 is 2.64 bits per heavy atom. The van der Waals surface area contributed by atoms with Crippen molar-refractivity contribution in [3.63, 3.8) is 0 Å². The van der Waals surface area contributed by atoms with Gasteiger partial charge < -0.3 is 10.2 Å². The molecule has 0 spiro atoms. The van der Waals surface area contributed by atoms with Gasteiger partial charge in [-0.15, -0.1) is 0 Å². The van der Waals surface area contributed by atoms with E-state index in [0.717, 1.165) is 29.7 Å². The summed E-state index contributed by atoms with van der Waals surface area (Å²) in [5.74, 6) is 0.0285. The number of nitrogens with zero attached hydrogens (tertiary/aromatic N) is 1. The fraction of sp³-hybridized carbons (Fsp3) is 0.211. The third-order valence-electron chi connectivity index (χ3n) is 4.55. The van der Waals surface area contributed by atoms with Gasteiger partial charge in [0.2, 0.25) is 0 Å². The second kappa shape index (κ2) is 4.73. The molecule has 2 aromatic rings. The summed E-state index contributed by atoms with van der Waals surface area (Å²) in [4.78, 5) is 14.5. The summed E-state index contributed by atoms with van der Waals surface area (Å²) >= 11 is 0.